The van der Waals surface area contributed by atoms with E-state index >= 15 is 0 Å². The van der Waals surface area contributed by atoms with Crippen molar-refractivity contribution < 1.29 is 48.1 Å². The molecule has 5 amide bonds. The molecule has 1 aromatic rings. The average molecular weight is 826 g/mol. The van der Waals surface area contributed by atoms with Gasteiger partial charge in [-0.05, 0) is 70.4 Å². The number of carbonyl (C=O) groups excluding carboxylic acids is 7. The molecule has 9 atom stereocenters. The van der Waals surface area contributed by atoms with E-state index in [0.29, 0.717) is 12.0 Å². The largest absolute Gasteiger partial charge is 0.456 e. The van der Waals surface area contributed by atoms with E-state index in [-0.39, 0.29) is 36.7 Å². The van der Waals surface area contributed by atoms with Crippen LogP contribution >= 0.6 is 0 Å². The predicted octanol–water partition coefficient (Wildman–Crippen LogP) is 3.24. The molecule has 0 saturated carbocycles. The number of carbonyl (C=O) groups is 7. The Bertz CT molecular complexity index is 1700. The van der Waals surface area contributed by atoms with Crippen molar-refractivity contribution in [2.45, 2.75) is 137 Å². The van der Waals surface area contributed by atoms with Gasteiger partial charge in [-0.2, -0.15) is 0 Å². The van der Waals surface area contributed by atoms with Gasteiger partial charge in [-0.15, -0.1) is 0 Å². The Labute approximate surface area is 349 Å². The highest BCUT2D eigenvalue weighted by molar-refractivity contribution is 5.96. The molecule has 1 aliphatic heterocycles. The fourth-order valence-electron chi connectivity index (χ4n) is 6.55. The SMILES string of the molecule is C/C=C(\C)[C@@H]1OC(=O)[C@H](C)NC(=O)[C@H]([C@@H](C)CC)NC(=O)CN(C)C(=O)[C@H](Cc2ccccc2)N(C)C(=O)[C@@H](C)NC(=O)[C@@H](CC(C)C)OC(=O)/C(C)=C/C[C@H](O)[C@@H]1C. The van der Waals surface area contributed by atoms with Crippen LogP contribution in [-0.2, 0) is 49.5 Å². The summed E-state index contributed by atoms with van der Waals surface area (Å²) in [6.07, 6.45) is 0.687. The lowest BCUT2D eigenvalue weighted by Crippen LogP contribution is -2.57. The molecule has 0 radical (unpaired) electrons. The summed E-state index contributed by atoms with van der Waals surface area (Å²) in [7, 11) is 2.85. The van der Waals surface area contributed by atoms with Gasteiger partial charge in [0, 0.05) is 32.0 Å². The number of aliphatic hydroxyl groups excluding tert-OH is 1. The van der Waals surface area contributed by atoms with E-state index in [1.54, 1.807) is 58.0 Å². The Kier molecular flexibility index (Phi) is 20.0. The van der Waals surface area contributed by atoms with E-state index in [9.17, 15) is 38.7 Å². The molecule has 328 valence electrons. The second kappa shape index (κ2) is 23.5. The van der Waals surface area contributed by atoms with E-state index < -0.39 is 96.4 Å². The predicted molar refractivity (Wildman–Crippen MR) is 223 cm³/mol. The van der Waals surface area contributed by atoms with E-state index in [4.69, 9.17) is 9.47 Å². The van der Waals surface area contributed by atoms with Crippen LogP contribution in [0, 0.1) is 17.8 Å². The van der Waals surface area contributed by atoms with Crippen LogP contribution in [0.15, 0.2) is 53.6 Å². The van der Waals surface area contributed by atoms with E-state index in [2.05, 4.69) is 16.0 Å². The third-order valence-corrected chi connectivity index (χ3v) is 10.8. The molecule has 2 rings (SSSR count). The first-order chi connectivity index (χ1) is 27.6. The summed E-state index contributed by atoms with van der Waals surface area (Å²) in [6, 6.07) is 4.53. The Balaban J connectivity index is 2.62. The number of allylic oxidation sites excluding steroid dienone is 1. The number of nitrogens with one attached hydrogen (secondary N) is 3. The average Bonchev–Trinajstić information content (AvgIpc) is 3.20. The number of esters is 2. The lowest BCUT2D eigenvalue weighted by atomic mass is 9.90. The Morgan fingerprint density at radius 3 is 2.08 bits per heavy atom. The molecular formula is C44H67N5O10. The van der Waals surface area contributed by atoms with Gasteiger partial charge in [0.15, 0.2) is 6.10 Å². The number of hydrogen-bond acceptors (Lipinski definition) is 10. The molecule has 0 aliphatic carbocycles. The van der Waals surface area contributed by atoms with Crippen molar-refractivity contribution >= 4 is 41.5 Å². The zero-order valence-corrected chi connectivity index (χ0v) is 36.9. The maximum Gasteiger partial charge on any atom is 0.334 e. The number of ether oxygens (including phenoxy) is 2. The van der Waals surface area contributed by atoms with Crippen LogP contribution in [0.5, 0.6) is 0 Å². The van der Waals surface area contributed by atoms with Gasteiger partial charge in [0.1, 0.15) is 30.3 Å². The highest BCUT2D eigenvalue weighted by Gasteiger charge is 2.36. The van der Waals surface area contributed by atoms with Crippen molar-refractivity contribution in [3.63, 3.8) is 0 Å². The van der Waals surface area contributed by atoms with Crippen LogP contribution in [0.1, 0.15) is 94.1 Å². The Hall–Kier alpha value is -5.05. The van der Waals surface area contributed by atoms with Gasteiger partial charge >= 0.3 is 11.9 Å². The first-order valence-corrected chi connectivity index (χ1v) is 20.5. The number of cyclic esters (lactones) is 2. The van der Waals surface area contributed by atoms with Crippen LogP contribution in [0.4, 0.5) is 0 Å². The molecule has 1 heterocycles. The van der Waals surface area contributed by atoms with Crippen molar-refractivity contribution in [3.05, 3.63) is 59.2 Å². The van der Waals surface area contributed by atoms with Crippen molar-refractivity contribution in [1.29, 1.82) is 0 Å². The van der Waals surface area contributed by atoms with Gasteiger partial charge in [-0.25, -0.2) is 9.59 Å². The molecule has 15 heteroatoms. The highest BCUT2D eigenvalue weighted by Crippen LogP contribution is 2.24. The van der Waals surface area contributed by atoms with Crippen molar-refractivity contribution in [2.24, 2.45) is 17.8 Å². The minimum Gasteiger partial charge on any atom is -0.456 e. The molecule has 0 spiro atoms. The molecule has 1 aromatic carbocycles. The normalized spacial score (nSPS) is 28.8. The first kappa shape index (κ1) is 50.1. The topological polar surface area (TPSA) is 201 Å². The molecule has 0 bridgehead atoms. The number of aliphatic hydroxyl groups is 1. The van der Waals surface area contributed by atoms with Crippen LogP contribution in [0.2, 0.25) is 0 Å². The zero-order valence-electron chi connectivity index (χ0n) is 36.9. The van der Waals surface area contributed by atoms with E-state index in [1.807, 2.05) is 26.8 Å². The molecule has 1 aliphatic rings. The van der Waals surface area contributed by atoms with Crippen molar-refractivity contribution in [3.8, 4) is 0 Å². The molecule has 15 nitrogen and oxygen atoms in total. The lowest BCUT2D eigenvalue weighted by molar-refractivity contribution is -0.155. The summed E-state index contributed by atoms with van der Waals surface area (Å²) in [6.45, 7) is 16.5. The van der Waals surface area contributed by atoms with Gasteiger partial charge in [0.25, 0.3) is 5.91 Å². The van der Waals surface area contributed by atoms with E-state index in [0.717, 1.165) is 5.56 Å². The fraction of sp³-hybridized carbons (Fsp3) is 0.614. The van der Waals surface area contributed by atoms with Crippen LogP contribution in [0.3, 0.4) is 0 Å². The van der Waals surface area contributed by atoms with Gasteiger partial charge in [-0.1, -0.05) is 83.5 Å². The summed E-state index contributed by atoms with van der Waals surface area (Å²) in [4.78, 5) is 98.0. The Morgan fingerprint density at radius 2 is 1.51 bits per heavy atom. The van der Waals surface area contributed by atoms with Gasteiger partial charge in [0.2, 0.25) is 23.6 Å². The number of benzene rings is 1. The minimum atomic E-state index is -1.26. The number of rotatable bonds is 7. The van der Waals surface area contributed by atoms with Gasteiger partial charge < -0.3 is 40.3 Å². The molecule has 0 saturated heterocycles. The lowest BCUT2D eigenvalue weighted by Gasteiger charge is -2.33. The molecule has 4 N–H and O–H groups in total. The summed E-state index contributed by atoms with van der Waals surface area (Å²) >= 11 is 0. The van der Waals surface area contributed by atoms with Crippen LogP contribution in [-0.4, -0.2) is 120 Å². The smallest absolute Gasteiger partial charge is 0.334 e. The summed E-state index contributed by atoms with van der Waals surface area (Å²) < 4.78 is 11.5. The second-order valence-corrected chi connectivity index (χ2v) is 16.2. The summed E-state index contributed by atoms with van der Waals surface area (Å²) in [5.41, 5.74) is 1.51. The highest BCUT2D eigenvalue weighted by atomic mass is 16.6. The van der Waals surface area contributed by atoms with Crippen molar-refractivity contribution in [2.75, 3.05) is 20.6 Å². The fourth-order valence-corrected chi connectivity index (χ4v) is 6.55. The first-order valence-electron chi connectivity index (χ1n) is 20.5. The zero-order chi connectivity index (χ0) is 44.7. The summed E-state index contributed by atoms with van der Waals surface area (Å²) in [5, 5.41) is 19.3. The van der Waals surface area contributed by atoms with Crippen molar-refractivity contribution in [1.82, 2.24) is 25.8 Å². The molecule has 0 aromatic heterocycles. The number of nitrogens with zero attached hydrogens (tertiary/aromatic N) is 2. The minimum absolute atomic E-state index is 0.0211. The molecule has 59 heavy (non-hydrogen) atoms. The molecule has 0 fully saturated rings. The molecular weight excluding hydrogens is 759 g/mol. The van der Waals surface area contributed by atoms with Gasteiger partial charge in [0.05, 0.1) is 12.6 Å². The number of amides is 5. The van der Waals surface area contributed by atoms with Crippen LogP contribution in [0.25, 0.3) is 0 Å². The third-order valence-electron chi connectivity index (χ3n) is 10.8. The van der Waals surface area contributed by atoms with E-state index in [1.165, 1.54) is 50.7 Å². The maximum atomic E-state index is 14.1. The van der Waals surface area contributed by atoms with Crippen LogP contribution < -0.4 is 16.0 Å². The number of hydrogen-bond donors (Lipinski definition) is 4. The standard InChI is InChI=1S/C44H67N5O10/c1-13-26(5)37-40(53)46-31(10)44(57)59-38(27(6)14-2)29(8)34(50)21-20-28(7)43(56)58-35(22-25(3)4)39(52)45-30(9)41(54)49(12)33(23-32-18-16-15-17-19-32)42(55)48(11)24-36(51)47-37/h14-20,25-26,29-31,33-35,37-38,50H,13,21-24H2,1-12H3,(H,45,52)(H,46,53)(H,47,51)/b27-14+,28-20+/t26-,29-,30+,31-,33-,34-,35+,37-,38-/m0/s1. The van der Waals surface area contributed by atoms with Gasteiger partial charge in [-0.3, -0.25) is 24.0 Å². The number of likely N-dealkylation sites (N-methyl/N-ethyl adjacent to an activating group) is 2. The second-order valence-electron chi connectivity index (χ2n) is 16.2. The summed E-state index contributed by atoms with van der Waals surface area (Å²) in [5.74, 6) is -5.83. The maximum absolute atomic E-state index is 14.1. The third kappa shape index (κ3) is 14.9. The Morgan fingerprint density at radius 1 is 0.898 bits per heavy atom. The quantitative estimate of drug-likeness (QED) is 0.234. The molecule has 0 unspecified atom stereocenters. The monoisotopic (exact) mass is 825 g/mol.